The number of nitrogens with zero attached hydrogens (tertiary/aromatic N) is 1. The average molecular weight is 170 g/mol. The van der Waals surface area contributed by atoms with Gasteiger partial charge < -0.3 is 4.98 Å². The summed E-state index contributed by atoms with van der Waals surface area (Å²) in [5, 5.41) is 0. The molecule has 1 aromatic heterocycles. The third kappa shape index (κ3) is 1.85. The Balaban J connectivity index is 2.33. The molecule has 0 unspecified atom stereocenters. The predicted octanol–water partition coefficient (Wildman–Crippen LogP) is 2.48. The summed E-state index contributed by atoms with van der Waals surface area (Å²) in [4.78, 5) is 7.05. The van der Waals surface area contributed by atoms with Crippen LogP contribution in [0.2, 0.25) is 0 Å². The molecule has 0 fully saturated rings. The van der Waals surface area contributed by atoms with Gasteiger partial charge in [0.25, 0.3) is 0 Å². The molecule has 13 heavy (non-hydrogen) atoms. The molecule has 1 aliphatic carbocycles. The Kier molecular flexibility index (Phi) is 2.23. The SMILES string of the molecule is C1=C/C=C\C(c2cnc[nH]2)=C/C=C1. The van der Waals surface area contributed by atoms with Crippen LogP contribution >= 0.6 is 0 Å². The van der Waals surface area contributed by atoms with Gasteiger partial charge in [-0.3, -0.25) is 0 Å². The average Bonchev–Trinajstić information content (AvgIpc) is 2.55. The number of aromatic amines is 1. The van der Waals surface area contributed by atoms with E-state index < -0.39 is 0 Å². The summed E-state index contributed by atoms with van der Waals surface area (Å²) in [6.45, 7) is 0. The van der Waals surface area contributed by atoms with Crippen molar-refractivity contribution in [1.82, 2.24) is 9.97 Å². The van der Waals surface area contributed by atoms with E-state index in [0.717, 1.165) is 11.3 Å². The van der Waals surface area contributed by atoms with E-state index in [1.807, 2.05) is 48.7 Å². The molecule has 0 atom stereocenters. The summed E-state index contributed by atoms with van der Waals surface area (Å²) in [5.74, 6) is 0. The number of rotatable bonds is 1. The lowest BCUT2D eigenvalue weighted by Gasteiger charge is -1.96. The number of imidazole rings is 1. The van der Waals surface area contributed by atoms with Gasteiger partial charge in [-0.15, -0.1) is 0 Å². The molecule has 0 amide bonds. The first-order valence-electron chi connectivity index (χ1n) is 4.17. The summed E-state index contributed by atoms with van der Waals surface area (Å²) in [5.41, 5.74) is 2.18. The highest BCUT2D eigenvalue weighted by molar-refractivity contribution is 5.73. The number of H-pyrrole nitrogens is 1. The Morgan fingerprint density at radius 1 is 1.00 bits per heavy atom. The summed E-state index contributed by atoms with van der Waals surface area (Å²) >= 11 is 0. The lowest BCUT2D eigenvalue weighted by atomic mass is 10.1. The molecule has 0 saturated carbocycles. The van der Waals surface area contributed by atoms with Crippen LogP contribution in [0.4, 0.5) is 0 Å². The van der Waals surface area contributed by atoms with Crippen LogP contribution < -0.4 is 0 Å². The summed E-state index contributed by atoms with van der Waals surface area (Å²) in [7, 11) is 0. The van der Waals surface area contributed by atoms with Crippen molar-refractivity contribution >= 4 is 5.57 Å². The monoisotopic (exact) mass is 170 g/mol. The molecule has 1 aromatic rings. The molecular formula is C11H10N2. The van der Waals surface area contributed by atoms with Crippen molar-refractivity contribution < 1.29 is 0 Å². The van der Waals surface area contributed by atoms with Gasteiger partial charge >= 0.3 is 0 Å². The van der Waals surface area contributed by atoms with E-state index in [-0.39, 0.29) is 0 Å². The van der Waals surface area contributed by atoms with Crippen molar-refractivity contribution in [3.8, 4) is 0 Å². The molecule has 1 N–H and O–H groups in total. The van der Waals surface area contributed by atoms with Gasteiger partial charge in [-0.25, -0.2) is 4.98 Å². The molecule has 2 nitrogen and oxygen atoms in total. The predicted molar refractivity (Wildman–Crippen MR) is 54.0 cm³/mol. The van der Waals surface area contributed by atoms with Crippen molar-refractivity contribution in [1.29, 1.82) is 0 Å². The van der Waals surface area contributed by atoms with Gasteiger partial charge in [0.05, 0.1) is 18.2 Å². The quantitative estimate of drug-likeness (QED) is 0.689. The first-order chi connectivity index (χ1) is 6.47. The summed E-state index contributed by atoms with van der Waals surface area (Å²) < 4.78 is 0. The van der Waals surface area contributed by atoms with Crippen LogP contribution in [0, 0.1) is 0 Å². The van der Waals surface area contributed by atoms with Crippen molar-refractivity contribution in [3.63, 3.8) is 0 Å². The summed E-state index contributed by atoms with van der Waals surface area (Å²) in [6.07, 6.45) is 17.6. The van der Waals surface area contributed by atoms with Crippen LogP contribution in [0.1, 0.15) is 5.69 Å². The first-order valence-corrected chi connectivity index (χ1v) is 4.17. The maximum atomic E-state index is 3.98. The fourth-order valence-corrected chi connectivity index (χ4v) is 1.16. The fraction of sp³-hybridized carbons (Fsp3) is 0. The van der Waals surface area contributed by atoms with Crippen LogP contribution in [0.15, 0.2) is 55.1 Å². The highest BCUT2D eigenvalue weighted by atomic mass is 14.9. The third-order valence-corrected chi connectivity index (χ3v) is 1.81. The Bertz CT molecular complexity index is 378. The minimum absolute atomic E-state index is 1.04. The highest BCUT2D eigenvalue weighted by Gasteiger charge is 1.96. The molecule has 2 rings (SSSR count). The van der Waals surface area contributed by atoms with Crippen LogP contribution in [-0.2, 0) is 0 Å². The maximum absolute atomic E-state index is 3.98. The van der Waals surface area contributed by atoms with Gasteiger partial charge in [0.2, 0.25) is 0 Å². The molecule has 0 spiro atoms. The number of nitrogens with one attached hydrogen (secondary N) is 1. The molecule has 0 saturated heterocycles. The minimum atomic E-state index is 1.04. The number of aromatic nitrogens is 2. The first kappa shape index (κ1) is 7.80. The Hall–Kier alpha value is -1.83. The van der Waals surface area contributed by atoms with E-state index >= 15 is 0 Å². The molecule has 2 heteroatoms. The smallest absolute Gasteiger partial charge is 0.0924 e. The Morgan fingerprint density at radius 3 is 2.69 bits per heavy atom. The van der Waals surface area contributed by atoms with Gasteiger partial charge in [0, 0.05) is 0 Å². The number of hydrogen-bond donors (Lipinski definition) is 1. The van der Waals surface area contributed by atoms with Gasteiger partial charge in [-0.1, -0.05) is 42.5 Å². The van der Waals surface area contributed by atoms with E-state index in [1.54, 1.807) is 6.33 Å². The topological polar surface area (TPSA) is 28.7 Å². The second-order valence-electron chi connectivity index (χ2n) is 2.72. The van der Waals surface area contributed by atoms with Crippen LogP contribution in [0.3, 0.4) is 0 Å². The zero-order valence-corrected chi connectivity index (χ0v) is 7.14. The van der Waals surface area contributed by atoms with Crippen molar-refractivity contribution in [2.24, 2.45) is 0 Å². The number of hydrogen-bond acceptors (Lipinski definition) is 1. The standard InChI is InChI=1S/C11H10N2/c1-2-4-6-10(7-5-3-1)11-8-12-9-13-11/h1-9H,(H,12,13)/b2-1?,3-1?,4-2?,5-3?,6-4-,7-5?,10-6?,10-7+. The van der Waals surface area contributed by atoms with Crippen LogP contribution in [-0.4, -0.2) is 9.97 Å². The van der Waals surface area contributed by atoms with Crippen LogP contribution in [0.5, 0.6) is 0 Å². The molecule has 1 aliphatic rings. The largest absolute Gasteiger partial charge is 0.345 e. The fourth-order valence-electron chi connectivity index (χ4n) is 1.16. The van der Waals surface area contributed by atoms with Gasteiger partial charge in [0.15, 0.2) is 0 Å². The number of allylic oxidation sites excluding steroid dienone is 8. The lowest BCUT2D eigenvalue weighted by molar-refractivity contribution is 1.30. The van der Waals surface area contributed by atoms with E-state index in [4.69, 9.17) is 0 Å². The van der Waals surface area contributed by atoms with Crippen molar-refractivity contribution in [3.05, 3.63) is 60.8 Å². The second-order valence-corrected chi connectivity index (χ2v) is 2.72. The van der Waals surface area contributed by atoms with E-state index in [0.29, 0.717) is 0 Å². The molecule has 0 aliphatic heterocycles. The molecular weight excluding hydrogens is 160 g/mol. The molecule has 0 radical (unpaired) electrons. The summed E-state index contributed by atoms with van der Waals surface area (Å²) in [6, 6.07) is 0. The van der Waals surface area contributed by atoms with E-state index in [1.165, 1.54) is 0 Å². The molecule has 0 bridgehead atoms. The van der Waals surface area contributed by atoms with E-state index in [9.17, 15) is 0 Å². The third-order valence-electron chi connectivity index (χ3n) is 1.81. The van der Waals surface area contributed by atoms with Gasteiger partial charge in [-0.2, -0.15) is 0 Å². The zero-order valence-electron chi connectivity index (χ0n) is 7.14. The van der Waals surface area contributed by atoms with Crippen molar-refractivity contribution in [2.45, 2.75) is 0 Å². The molecule has 0 aromatic carbocycles. The zero-order chi connectivity index (χ0) is 8.93. The Labute approximate surface area is 77.0 Å². The van der Waals surface area contributed by atoms with Gasteiger partial charge in [-0.05, 0) is 5.57 Å². The molecule has 1 heterocycles. The Morgan fingerprint density at radius 2 is 1.85 bits per heavy atom. The second kappa shape index (κ2) is 3.72. The normalized spacial score (nSPS) is 21.7. The maximum Gasteiger partial charge on any atom is 0.0924 e. The van der Waals surface area contributed by atoms with Crippen LogP contribution in [0.25, 0.3) is 5.57 Å². The minimum Gasteiger partial charge on any atom is -0.345 e. The molecule has 64 valence electrons. The van der Waals surface area contributed by atoms with Gasteiger partial charge in [0.1, 0.15) is 0 Å². The van der Waals surface area contributed by atoms with E-state index in [2.05, 4.69) is 9.97 Å². The highest BCUT2D eigenvalue weighted by Crippen LogP contribution is 2.13. The lowest BCUT2D eigenvalue weighted by Crippen LogP contribution is -1.79. The van der Waals surface area contributed by atoms with Crippen molar-refractivity contribution in [2.75, 3.05) is 0 Å².